The molecule has 0 aromatic rings. The molecule has 112 valence electrons. The van der Waals surface area contributed by atoms with Crippen molar-refractivity contribution in [3.8, 4) is 0 Å². The minimum Gasteiger partial charge on any atom is -0.377 e. The second kappa shape index (κ2) is 8.06. The summed E-state index contributed by atoms with van der Waals surface area (Å²) in [6.07, 6.45) is -2.86. The van der Waals surface area contributed by atoms with E-state index in [0.29, 0.717) is 32.5 Å². The Hall–Kier alpha value is -0.340. The van der Waals surface area contributed by atoms with Crippen molar-refractivity contribution in [2.45, 2.75) is 25.1 Å². The molecule has 1 fully saturated rings. The van der Waals surface area contributed by atoms with Crippen molar-refractivity contribution in [3.05, 3.63) is 0 Å². The first kappa shape index (κ1) is 16.7. The molecule has 1 heterocycles. The Morgan fingerprint density at radius 3 is 2.47 bits per heavy atom. The van der Waals surface area contributed by atoms with Gasteiger partial charge >= 0.3 is 6.18 Å². The van der Waals surface area contributed by atoms with Crippen molar-refractivity contribution in [1.82, 2.24) is 4.90 Å². The third-order valence-corrected chi connectivity index (χ3v) is 3.04. The standard InChI is InChI=1S/C11H17BrF3NO3/c12-3-6-19-9-1-4-16(5-2-9)10(17)7-18-8-11(13,14)15/h9H,1-8H2. The predicted octanol–water partition coefficient (Wildman–Crippen LogP) is 1.97. The van der Waals surface area contributed by atoms with Crippen LogP contribution >= 0.6 is 15.9 Å². The number of carbonyl (C=O) groups is 1. The summed E-state index contributed by atoms with van der Waals surface area (Å²) in [5.74, 6) is -0.400. The first-order chi connectivity index (χ1) is 8.92. The van der Waals surface area contributed by atoms with E-state index in [4.69, 9.17) is 4.74 Å². The van der Waals surface area contributed by atoms with Crippen LogP contribution in [0.1, 0.15) is 12.8 Å². The van der Waals surface area contributed by atoms with Crippen molar-refractivity contribution in [1.29, 1.82) is 0 Å². The van der Waals surface area contributed by atoms with E-state index in [0.717, 1.165) is 5.33 Å². The van der Waals surface area contributed by atoms with Gasteiger partial charge in [-0.1, -0.05) is 15.9 Å². The molecule has 0 bridgehead atoms. The molecule has 0 aromatic heterocycles. The summed E-state index contributed by atoms with van der Waals surface area (Å²) in [5, 5.41) is 0.761. The number of nitrogens with zero attached hydrogens (tertiary/aromatic N) is 1. The summed E-state index contributed by atoms with van der Waals surface area (Å²) in [7, 11) is 0. The van der Waals surface area contributed by atoms with Gasteiger partial charge in [-0.25, -0.2) is 0 Å². The van der Waals surface area contributed by atoms with Crippen molar-refractivity contribution in [3.63, 3.8) is 0 Å². The van der Waals surface area contributed by atoms with E-state index in [2.05, 4.69) is 20.7 Å². The number of hydrogen-bond acceptors (Lipinski definition) is 3. The third kappa shape index (κ3) is 7.12. The van der Waals surface area contributed by atoms with Gasteiger partial charge in [-0.15, -0.1) is 0 Å². The maximum absolute atomic E-state index is 11.8. The van der Waals surface area contributed by atoms with Gasteiger partial charge in [0.1, 0.15) is 13.2 Å². The maximum Gasteiger partial charge on any atom is 0.411 e. The molecule has 0 atom stereocenters. The minimum absolute atomic E-state index is 0.123. The number of hydrogen-bond donors (Lipinski definition) is 0. The van der Waals surface area contributed by atoms with Crippen LogP contribution in [0.2, 0.25) is 0 Å². The number of piperidine rings is 1. The van der Waals surface area contributed by atoms with Crippen LogP contribution in [0.15, 0.2) is 0 Å². The normalized spacial score (nSPS) is 17.8. The highest BCUT2D eigenvalue weighted by Gasteiger charge is 2.29. The quantitative estimate of drug-likeness (QED) is 0.689. The van der Waals surface area contributed by atoms with Gasteiger partial charge in [0.25, 0.3) is 0 Å². The first-order valence-electron chi connectivity index (χ1n) is 6.02. The van der Waals surface area contributed by atoms with Crippen molar-refractivity contribution >= 4 is 21.8 Å². The average molecular weight is 348 g/mol. The second-order valence-corrected chi connectivity index (χ2v) is 5.04. The van der Waals surface area contributed by atoms with Gasteiger partial charge in [0.05, 0.1) is 12.7 Å². The number of amides is 1. The van der Waals surface area contributed by atoms with Crippen molar-refractivity contribution < 1.29 is 27.4 Å². The Morgan fingerprint density at radius 1 is 1.32 bits per heavy atom. The van der Waals surface area contributed by atoms with Crippen molar-refractivity contribution in [2.75, 3.05) is 38.2 Å². The zero-order valence-corrected chi connectivity index (χ0v) is 12.0. The summed E-state index contributed by atoms with van der Waals surface area (Å²) in [5.41, 5.74) is 0. The molecule has 1 saturated heterocycles. The molecule has 0 spiro atoms. The summed E-state index contributed by atoms with van der Waals surface area (Å²) in [6.45, 7) is -0.286. The van der Waals surface area contributed by atoms with Crippen LogP contribution in [0.5, 0.6) is 0 Å². The lowest BCUT2D eigenvalue weighted by atomic mass is 10.1. The first-order valence-corrected chi connectivity index (χ1v) is 7.14. The highest BCUT2D eigenvalue weighted by Crippen LogP contribution is 2.16. The van der Waals surface area contributed by atoms with E-state index in [9.17, 15) is 18.0 Å². The molecule has 0 unspecified atom stereocenters. The Kier molecular flexibility index (Phi) is 7.09. The number of halogens is 4. The second-order valence-electron chi connectivity index (χ2n) is 4.25. The maximum atomic E-state index is 11.8. The van der Waals surface area contributed by atoms with E-state index in [-0.39, 0.29) is 6.10 Å². The van der Waals surface area contributed by atoms with Gasteiger partial charge in [0.2, 0.25) is 5.91 Å². The van der Waals surface area contributed by atoms with E-state index >= 15 is 0 Å². The van der Waals surface area contributed by atoms with Crippen LogP contribution < -0.4 is 0 Å². The summed E-state index contributed by atoms with van der Waals surface area (Å²) in [6, 6.07) is 0. The molecule has 1 aliphatic heterocycles. The number of rotatable bonds is 6. The number of carbonyl (C=O) groups excluding carboxylic acids is 1. The van der Waals surface area contributed by atoms with E-state index < -0.39 is 25.3 Å². The molecule has 1 rings (SSSR count). The molecule has 1 aliphatic rings. The average Bonchev–Trinajstić information content (AvgIpc) is 2.35. The fourth-order valence-corrected chi connectivity index (χ4v) is 2.02. The van der Waals surface area contributed by atoms with E-state index in [1.165, 1.54) is 4.90 Å². The van der Waals surface area contributed by atoms with Gasteiger partial charge in [0, 0.05) is 18.4 Å². The Balaban J connectivity index is 2.18. The van der Waals surface area contributed by atoms with E-state index in [1.807, 2.05) is 0 Å². The molecule has 19 heavy (non-hydrogen) atoms. The van der Waals surface area contributed by atoms with Crippen LogP contribution in [0.3, 0.4) is 0 Å². The predicted molar refractivity (Wildman–Crippen MR) is 66.2 cm³/mol. The van der Waals surface area contributed by atoms with Gasteiger partial charge in [-0.2, -0.15) is 13.2 Å². The molecule has 8 heteroatoms. The van der Waals surface area contributed by atoms with Gasteiger partial charge in [-0.05, 0) is 12.8 Å². The zero-order chi connectivity index (χ0) is 14.3. The number of likely N-dealkylation sites (tertiary alicyclic amines) is 1. The van der Waals surface area contributed by atoms with Crippen LogP contribution in [0, 0.1) is 0 Å². The largest absolute Gasteiger partial charge is 0.411 e. The summed E-state index contributed by atoms with van der Waals surface area (Å²) in [4.78, 5) is 13.1. The Morgan fingerprint density at radius 2 is 1.95 bits per heavy atom. The summed E-state index contributed by atoms with van der Waals surface area (Å²) < 4.78 is 45.4. The lowest BCUT2D eigenvalue weighted by Crippen LogP contribution is -2.43. The van der Waals surface area contributed by atoms with Crippen LogP contribution in [-0.4, -0.2) is 61.3 Å². The lowest BCUT2D eigenvalue weighted by molar-refractivity contribution is -0.178. The fraction of sp³-hybridized carbons (Fsp3) is 0.909. The fourth-order valence-electron chi connectivity index (χ4n) is 1.83. The third-order valence-electron chi connectivity index (χ3n) is 2.72. The molecule has 0 N–H and O–H groups in total. The van der Waals surface area contributed by atoms with Crippen LogP contribution in [0.25, 0.3) is 0 Å². The molecule has 1 amide bonds. The summed E-state index contributed by atoms with van der Waals surface area (Å²) >= 11 is 3.26. The number of ether oxygens (including phenoxy) is 2. The SMILES string of the molecule is O=C(COCC(F)(F)F)N1CCC(OCCBr)CC1. The van der Waals surface area contributed by atoms with Crippen molar-refractivity contribution in [2.24, 2.45) is 0 Å². The molecule has 0 aliphatic carbocycles. The molecule has 4 nitrogen and oxygen atoms in total. The highest BCUT2D eigenvalue weighted by molar-refractivity contribution is 9.09. The molecule has 0 radical (unpaired) electrons. The molecule has 0 aromatic carbocycles. The highest BCUT2D eigenvalue weighted by atomic mass is 79.9. The Bertz CT molecular complexity index is 281. The molecular formula is C11H17BrF3NO3. The smallest absolute Gasteiger partial charge is 0.377 e. The lowest BCUT2D eigenvalue weighted by Gasteiger charge is -2.31. The minimum atomic E-state index is -4.39. The Labute approximate surface area is 118 Å². The van der Waals surface area contributed by atoms with Crippen LogP contribution in [0.4, 0.5) is 13.2 Å². The van der Waals surface area contributed by atoms with Gasteiger partial charge in [-0.3, -0.25) is 4.79 Å². The van der Waals surface area contributed by atoms with Gasteiger partial charge in [0.15, 0.2) is 0 Å². The molecule has 0 saturated carbocycles. The van der Waals surface area contributed by atoms with E-state index in [1.54, 1.807) is 0 Å². The molecular weight excluding hydrogens is 331 g/mol. The number of alkyl halides is 4. The van der Waals surface area contributed by atoms with Gasteiger partial charge < -0.3 is 14.4 Å². The topological polar surface area (TPSA) is 38.8 Å². The monoisotopic (exact) mass is 347 g/mol. The van der Waals surface area contributed by atoms with Crippen LogP contribution in [-0.2, 0) is 14.3 Å². The zero-order valence-electron chi connectivity index (χ0n) is 10.4.